The van der Waals surface area contributed by atoms with Crippen LogP contribution in [0.2, 0.25) is 0 Å². The summed E-state index contributed by atoms with van der Waals surface area (Å²) < 4.78 is 13.6. The lowest BCUT2D eigenvalue weighted by Gasteiger charge is -2.20. The summed E-state index contributed by atoms with van der Waals surface area (Å²) in [4.78, 5) is 2.36. The lowest BCUT2D eigenvalue weighted by Crippen LogP contribution is -2.28. The Morgan fingerprint density at radius 2 is 2.12 bits per heavy atom. The third-order valence-corrected chi connectivity index (χ3v) is 3.58. The first-order valence-electron chi connectivity index (χ1n) is 6.42. The number of likely N-dealkylation sites (tertiary alicyclic amines) is 1. The summed E-state index contributed by atoms with van der Waals surface area (Å²) in [7, 11) is 2.02. The van der Waals surface area contributed by atoms with Crippen molar-refractivity contribution < 1.29 is 4.39 Å². The van der Waals surface area contributed by atoms with E-state index in [9.17, 15) is 4.39 Å². The van der Waals surface area contributed by atoms with E-state index < -0.39 is 0 Å². The van der Waals surface area contributed by atoms with E-state index in [0.717, 1.165) is 31.6 Å². The highest BCUT2D eigenvalue weighted by Gasteiger charge is 2.16. The standard InChI is InChI=1S/C14H21FN2/c1-16-13-6-4-9-17(10-8-13)11-12-5-2-3-7-14(12)15/h2-3,5,7,13,16H,4,6,8-11H2,1H3. The Hall–Kier alpha value is -0.930. The molecule has 1 unspecified atom stereocenters. The molecule has 0 saturated carbocycles. The molecule has 0 aromatic heterocycles. The summed E-state index contributed by atoms with van der Waals surface area (Å²) in [6.07, 6.45) is 3.58. The molecule has 0 aliphatic carbocycles. The molecule has 0 spiro atoms. The molecule has 2 rings (SSSR count). The van der Waals surface area contributed by atoms with Crippen molar-refractivity contribution in [2.45, 2.75) is 31.8 Å². The normalized spacial score (nSPS) is 22.4. The largest absolute Gasteiger partial charge is 0.317 e. The molecule has 0 bridgehead atoms. The molecule has 1 saturated heterocycles. The molecule has 3 heteroatoms. The van der Waals surface area contributed by atoms with E-state index in [1.54, 1.807) is 12.1 Å². The number of nitrogens with zero attached hydrogens (tertiary/aromatic N) is 1. The van der Waals surface area contributed by atoms with Crippen molar-refractivity contribution in [3.05, 3.63) is 35.6 Å². The van der Waals surface area contributed by atoms with Crippen molar-refractivity contribution >= 4 is 0 Å². The molecule has 2 nitrogen and oxygen atoms in total. The maximum absolute atomic E-state index is 13.6. The van der Waals surface area contributed by atoms with Crippen molar-refractivity contribution in [3.63, 3.8) is 0 Å². The maximum Gasteiger partial charge on any atom is 0.127 e. The number of nitrogens with one attached hydrogen (secondary N) is 1. The van der Waals surface area contributed by atoms with E-state index in [0.29, 0.717) is 6.04 Å². The summed E-state index contributed by atoms with van der Waals surface area (Å²) in [5.41, 5.74) is 0.815. The Kier molecular flexibility index (Phi) is 4.51. The predicted octanol–water partition coefficient (Wildman–Crippen LogP) is 2.40. The zero-order valence-electron chi connectivity index (χ0n) is 10.5. The highest BCUT2D eigenvalue weighted by atomic mass is 19.1. The molecule has 1 aliphatic heterocycles. The highest BCUT2D eigenvalue weighted by Crippen LogP contribution is 2.15. The van der Waals surface area contributed by atoms with Crippen LogP contribution in [0.5, 0.6) is 0 Å². The fourth-order valence-corrected chi connectivity index (χ4v) is 2.47. The Bertz CT molecular complexity index is 354. The van der Waals surface area contributed by atoms with Gasteiger partial charge in [-0.3, -0.25) is 4.90 Å². The van der Waals surface area contributed by atoms with Crippen molar-refractivity contribution in [1.82, 2.24) is 10.2 Å². The van der Waals surface area contributed by atoms with Gasteiger partial charge in [0.15, 0.2) is 0 Å². The quantitative estimate of drug-likeness (QED) is 0.867. The molecule has 1 aromatic rings. The van der Waals surface area contributed by atoms with E-state index in [1.165, 1.54) is 12.8 Å². The number of rotatable bonds is 3. The molecular formula is C14H21FN2. The molecule has 94 valence electrons. The molecule has 1 heterocycles. The second-order valence-corrected chi connectivity index (χ2v) is 4.78. The van der Waals surface area contributed by atoms with Crippen molar-refractivity contribution in [3.8, 4) is 0 Å². The van der Waals surface area contributed by atoms with Gasteiger partial charge in [-0.15, -0.1) is 0 Å². The van der Waals surface area contributed by atoms with Crippen LogP contribution in [0.25, 0.3) is 0 Å². The molecule has 1 N–H and O–H groups in total. The summed E-state index contributed by atoms with van der Waals surface area (Å²) in [6, 6.07) is 7.71. The minimum Gasteiger partial charge on any atom is -0.317 e. The van der Waals surface area contributed by atoms with E-state index in [4.69, 9.17) is 0 Å². The second-order valence-electron chi connectivity index (χ2n) is 4.78. The molecule has 17 heavy (non-hydrogen) atoms. The van der Waals surface area contributed by atoms with Crippen LogP contribution in [0, 0.1) is 5.82 Å². The topological polar surface area (TPSA) is 15.3 Å². The minimum atomic E-state index is -0.0816. The van der Waals surface area contributed by atoms with Gasteiger partial charge in [0, 0.05) is 18.2 Å². The van der Waals surface area contributed by atoms with Crippen LogP contribution in [-0.4, -0.2) is 31.1 Å². The van der Waals surface area contributed by atoms with Crippen LogP contribution in [0.15, 0.2) is 24.3 Å². The molecular weight excluding hydrogens is 215 g/mol. The first-order chi connectivity index (χ1) is 8.29. The number of hydrogen-bond donors (Lipinski definition) is 1. The summed E-state index contributed by atoms with van der Waals surface area (Å²) in [5.74, 6) is -0.0816. The average Bonchev–Trinajstić information content (AvgIpc) is 2.57. The van der Waals surface area contributed by atoms with Gasteiger partial charge in [-0.2, -0.15) is 0 Å². The first kappa shape index (κ1) is 12.5. The Labute approximate surface area is 103 Å². The van der Waals surface area contributed by atoms with Gasteiger partial charge in [0.1, 0.15) is 5.82 Å². The van der Waals surface area contributed by atoms with Gasteiger partial charge in [0.25, 0.3) is 0 Å². The van der Waals surface area contributed by atoms with Gasteiger partial charge in [-0.05, 0) is 45.5 Å². The number of benzene rings is 1. The second kappa shape index (κ2) is 6.12. The third kappa shape index (κ3) is 3.51. The Balaban J connectivity index is 1.93. The third-order valence-electron chi connectivity index (χ3n) is 3.58. The fourth-order valence-electron chi connectivity index (χ4n) is 2.47. The van der Waals surface area contributed by atoms with E-state index >= 15 is 0 Å². The molecule has 1 fully saturated rings. The summed E-state index contributed by atoms with van der Waals surface area (Å²) >= 11 is 0. The van der Waals surface area contributed by atoms with Gasteiger partial charge >= 0.3 is 0 Å². The van der Waals surface area contributed by atoms with Gasteiger partial charge in [0.2, 0.25) is 0 Å². The molecule has 1 aliphatic rings. The Morgan fingerprint density at radius 3 is 2.88 bits per heavy atom. The molecule has 1 atom stereocenters. The van der Waals surface area contributed by atoms with Crippen LogP contribution in [0.1, 0.15) is 24.8 Å². The molecule has 0 radical (unpaired) electrons. The molecule has 1 aromatic carbocycles. The van der Waals surface area contributed by atoms with E-state index in [-0.39, 0.29) is 5.82 Å². The van der Waals surface area contributed by atoms with Crippen molar-refractivity contribution in [2.75, 3.05) is 20.1 Å². The van der Waals surface area contributed by atoms with Crippen LogP contribution < -0.4 is 5.32 Å². The minimum absolute atomic E-state index is 0.0816. The van der Waals surface area contributed by atoms with Crippen LogP contribution in [0.4, 0.5) is 4.39 Å². The zero-order valence-corrected chi connectivity index (χ0v) is 10.5. The van der Waals surface area contributed by atoms with Gasteiger partial charge in [-0.25, -0.2) is 4.39 Å². The predicted molar refractivity (Wildman–Crippen MR) is 68.4 cm³/mol. The van der Waals surface area contributed by atoms with Gasteiger partial charge in [-0.1, -0.05) is 18.2 Å². The van der Waals surface area contributed by atoms with Crippen LogP contribution in [0.3, 0.4) is 0 Å². The lowest BCUT2D eigenvalue weighted by molar-refractivity contribution is 0.270. The molecule has 0 amide bonds. The van der Waals surface area contributed by atoms with E-state index in [2.05, 4.69) is 10.2 Å². The smallest absolute Gasteiger partial charge is 0.127 e. The fraction of sp³-hybridized carbons (Fsp3) is 0.571. The van der Waals surface area contributed by atoms with Crippen molar-refractivity contribution in [2.24, 2.45) is 0 Å². The number of hydrogen-bond acceptors (Lipinski definition) is 2. The van der Waals surface area contributed by atoms with Crippen molar-refractivity contribution in [1.29, 1.82) is 0 Å². The first-order valence-corrected chi connectivity index (χ1v) is 6.42. The van der Waals surface area contributed by atoms with Gasteiger partial charge < -0.3 is 5.32 Å². The zero-order chi connectivity index (χ0) is 12.1. The summed E-state index contributed by atoms with van der Waals surface area (Å²) in [5, 5.41) is 3.34. The monoisotopic (exact) mass is 236 g/mol. The summed E-state index contributed by atoms with van der Waals surface area (Å²) in [6.45, 7) is 2.87. The lowest BCUT2D eigenvalue weighted by atomic mass is 10.1. The number of halogens is 1. The highest BCUT2D eigenvalue weighted by molar-refractivity contribution is 5.17. The SMILES string of the molecule is CNC1CCCN(Cc2ccccc2F)CC1. The van der Waals surface area contributed by atoms with Crippen LogP contribution in [-0.2, 0) is 6.54 Å². The van der Waals surface area contributed by atoms with E-state index in [1.807, 2.05) is 19.2 Å². The Morgan fingerprint density at radius 1 is 1.29 bits per heavy atom. The maximum atomic E-state index is 13.6. The average molecular weight is 236 g/mol. The van der Waals surface area contributed by atoms with Crippen LogP contribution >= 0.6 is 0 Å². The van der Waals surface area contributed by atoms with Gasteiger partial charge in [0.05, 0.1) is 0 Å².